The number of anilines is 1. The summed E-state index contributed by atoms with van der Waals surface area (Å²) in [5.74, 6) is 1.98. The topological polar surface area (TPSA) is 15.3 Å². The van der Waals surface area contributed by atoms with Gasteiger partial charge in [-0.2, -0.15) is 0 Å². The lowest BCUT2D eigenvalue weighted by atomic mass is 10.0. The molecule has 2 nitrogen and oxygen atoms in total. The zero-order valence-corrected chi connectivity index (χ0v) is 11.5. The minimum absolute atomic E-state index is 0.816. The van der Waals surface area contributed by atoms with Crippen LogP contribution >= 0.6 is 11.6 Å². The number of fused-ring (bicyclic) bond motifs is 1. The number of nitrogens with zero attached hydrogens (tertiary/aromatic N) is 1. The lowest BCUT2D eigenvalue weighted by Gasteiger charge is -2.17. The predicted molar refractivity (Wildman–Crippen MR) is 77.2 cm³/mol. The first-order chi connectivity index (χ1) is 8.83. The van der Waals surface area contributed by atoms with E-state index in [9.17, 15) is 0 Å². The first-order valence-corrected chi connectivity index (χ1v) is 7.41. The Kier molecular flexibility index (Phi) is 3.76. The Morgan fingerprint density at radius 3 is 2.61 bits per heavy atom. The molecule has 2 aliphatic rings. The van der Waals surface area contributed by atoms with Gasteiger partial charge in [0.15, 0.2) is 0 Å². The van der Waals surface area contributed by atoms with E-state index in [1.54, 1.807) is 0 Å². The third-order valence-electron chi connectivity index (χ3n) is 4.42. The van der Waals surface area contributed by atoms with E-state index in [0.29, 0.717) is 0 Å². The van der Waals surface area contributed by atoms with Crippen LogP contribution in [0.5, 0.6) is 0 Å². The van der Waals surface area contributed by atoms with Gasteiger partial charge in [-0.15, -0.1) is 0 Å². The fraction of sp³-hybridized carbons (Fsp3) is 0.600. The highest BCUT2D eigenvalue weighted by Crippen LogP contribution is 2.37. The first-order valence-electron chi connectivity index (χ1n) is 7.03. The summed E-state index contributed by atoms with van der Waals surface area (Å²) >= 11 is 6.12. The van der Waals surface area contributed by atoms with Crippen molar-refractivity contribution in [2.24, 2.45) is 11.8 Å². The van der Waals surface area contributed by atoms with E-state index in [1.807, 2.05) is 24.3 Å². The van der Waals surface area contributed by atoms with Crippen LogP contribution in [0, 0.1) is 11.8 Å². The van der Waals surface area contributed by atoms with Crippen molar-refractivity contribution < 1.29 is 0 Å². The second-order valence-corrected chi connectivity index (χ2v) is 6.02. The summed E-state index contributed by atoms with van der Waals surface area (Å²) in [5.41, 5.74) is 1.05. The van der Waals surface area contributed by atoms with Gasteiger partial charge in [-0.25, -0.2) is 0 Å². The van der Waals surface area contributed by atoms with Crippen LogP contribution in [0.1, 0.15) is 19.3 Å². The van der Waals surface area contributed by atoms with Crippen molar-refractivity contribution in [3.8, 4) is 0 Å². The van der Waals surface area contributed by atoms with E-state index >= 15 is 0 Å². The lowest BCUT2D eigenvalue weighted by molar-refractivity contribution is 0.323. The van der Waals surface area contributed by atoms with Gasteiger partial charge < -0.3 is 10.2 Å². The Bertz CT molecular complexity index is 395. The molecule has 0 radical (unpaired) electrons. The maximum absolute atomic E-state index is 6.12. The van der Waals surface area contributed by atoms with Gasteiger partial charge in [-0.05, 0) is 36.8 Å². The average molecular weight is 265 g/mol. The molecule has 2 atom stereocenters. The quantitative estimate of drug-likeness (QED) is 0.896. The van der Waals surface area contributed by atoms with Crippen molar-refractivity contribution in [3.05, 3.63) is 29.3 Å². The maximum Gasteiger partial charge on any atom is 0.0637 e. The van der Waals surface area contributed by atoms with Crippen LogP contribution in [0.4, 0.5) is 5.69 Å². The highest BCUT2D eigenvalue weighted by atomic mass is 35.5. The number of benzene rings is 1. The number of hydrogen-bond acceptors (Lipinski definition) is 2. The second-order valence-electron chi connectivity index (χ2n) is 5.62. The minimum atomic E-state index is 0.816. The molecule has 1 saturated carbocycles. The van der Waals surface area contributed by atoms with Gasteiger partial charge >= 0.3 is 0 Å². The van der Waals surface area contributed by atoms with Crippen LogP contribution in [0.3, 0.4) is 0 Å². The van der Waals surface area contributed by atoms with Crippen molar-refractivity contribution in [3.63, 3.8) is 0 Å². The van der Waals surface area contributed by atoms with Crippen molar-refractivity contribution in [2.45, 2.75) is 19.3 Å². The summed E-state index contributed by atoms with van der Waals surface area (Å²) in [5, 5.41) is 4.25. The summed E-state index contributed by atoms with van der Waals surface area (Å²) < 4.78 is 0. The van der Waals surface area contributed by atoms with Crippen LogP contribution < -0.4 is 5.32 Å². The molecule has 1 aromatic rings. The highest BCUT2D eigenvalue weighted by Gasteiger charge is 2.35. The molecule has 1 aromatic carbocycles. The van der Waals surface area contributed by atoms with Crippen molar-refractivity contribution in [2.75, 3.05) is 31.5 Å². The number of para-hydroxylation sites is 1. The maximum atomic E-state index is 6.12. The van der Waals surface area contributed by atoms with E-state index in [4.69, 9.17) is 11.6 Å². The molecule has 0 bridgehead atoms. The van der Waals surface area contributed by atoms with Crippen LogP contribution in [-0.4, -0.2) is 31.1 Å². The van der Waals surface area contributed by atoms with Crippen molar-refractivity contribution >= 4 is 17.3 Å². The number of halogens is 1. The zero-order chi connectivity index (χ0) is 12.4. The van der Waals surface area contributed by atoms with E-state index < -0.39 is 0 Å². The normalized spacial score (nSPS) is 27.4. The molecule has 0 spiro atoms. The fourth-order valence-electron chi connectivity index (χ4n) is 3.47. The average Bonchev–Trinajstić information content (AvgIpc) is 2.92. The molecule has 1 aliphatic heterocycles. The standard InChI is InChI=1S/C15H21ClN2/c16-14-6-1-2-7-15(14)17-8-9-18-10-12-4-3-5-13(12)11-18/h1-2,6-7,12-13,17H,3-5,8-11H2. The van der Waals surface area contributed by atoms with Gasteiger partial charge in [0, 0.05) is 26.2 Å². The second kappa shape index (κ2) is 5.50. The predicted octanol–water partition coefficient (Wildman–Crippen LogP) is 3.48. The Morgan fingerprint density at radius 2 is 1.89 bits per heavy atom. The number of hydrogen-bond donors (Lipinski definition) is 1. The molecular weight excluding hydrogens is 244 g/mol. The molecule has 3 heteroatoms. The van der Waals surface area contributed by atoms with Gasteiger partial charge in [0.1, 0.15) is 0 Å². The number of rotatable bonds is 4. The molecule has 2 unspecified atom stereocenters. The van der Waals surface area contributed by atoms with Crippen molar-refractivity contribution in [1.29, 1.82) is 0 Å². The lowest BCUT2D eigenvalue weighted by Crippen LogP contribution is -2.27. The molecule has 98 valence electrons. The smallest absolute Gasteiger partial charge is 0.0637 e. The molecule has 18 heavy (non-hydrogen) atoms. The van der Waals surface area contributed by atoms with Crippen LogP contribution in [0.25, 0.3) is 0 Å². The highest BCUT2D eigenvalue weighted by molar-refractivity contribution is 6.33. The molecule has 1 heterocycles. The van der Waals surface area contributed by atoms with Gasteiger partial charge in [-0.3, -0.25) is 0 Å². The zero-order valence-electron chi connectivity index (χ0n) is 10.7. The number of likely N-dealkylation sites (tertiary alicyclic amines) is 1. The Balaban J connectivity index is 1.44. The van der Waals surface area contributed by atoms with Crippen LogP contribution in [-0.2, 0) is 0 Å². The molecule has 2 fully saturated rings. The summed E-state index contributed by atoms with van der Waals surface area (Å²) in [6.07, 6.45) is 4.37. The monoisotopic (exact) mass is 264 g/mol. The Hall–Kier alpha value is -0.730. The van der Waals surface area contributed by atoms with Gasteiger partial charge in [0.2, 0.25) is 0 Å². The van der Waals surface area contributed by atoms with E-state index in [1.165, 1.54) is 32.4 Å². The van der Waals surface area contributed by atoms with Gasteiger partial charge in [0.05, 0.1) is 10.7 Å². The first kappa shape index (κ1) is 12.3. The molecule has 1 N–H and O–H groups in total. The van der Waals surface area contributed by atoms with Crippen molar-refractivity contribution in [1.82, 2.24) is 4.90 Å². The minimum Gasteiger partial charge on any atom is -0.383 e. The molecule has 0 aromatic heterocycles. The van der Waals surface area contributed by atoms with Gasteiger partial charge in [0.25, 0.3) is 0 Å². The Labute approximate surface area is 114 Å². The summed E-state index contributed by atoms with van der Waals surface area (Å²) in [6, 6.07) is 7.97. The summed E-state index contributed by atoms with van der Waals surface area (Å²) in [6.45, 7) is 4.76. The third-order valence-corrected chi connectivity index (χ3v) is 4.75. The van der Waals surface area contributed by atoms with E-state index in [0.717, 1.165) is 35.6 Å². The number of nitrogens with one attached hydrogen (secondary N) is 1. The van der Waals surface area contributed by atoms with Gasteiger partial charge in [-0.1, -0.05) is 30.2 Å². The SMILES string of the molecule is Clc1ccccc1NCCN1CC2CCCC2C1. The molecule has 1 saturated heterocycles. The molecule has 0 amide bonds. The summed E-state index contributed by atoms with van der Waals surface area (Å²) in [7, 11) is 0. The molecular formula is C15H21ClN2. The Morgan fingerprint density at radius 1 is 1.17 bits per heavy atom. The van der Waals surface area contributed by atoms with Crippen LogP contribution in [0.2, 0.25) is 5.02 Å². The largest absolute Gasteiger partial charge is 0.383 e. The fourth-order valence-corrected chi connectivity index (χ4v) is 3.67. The molecule has 3 rings (SSSR count). The summed E-state index contributed by atoms with van der Waals surface area (Å²) in [4.78, 5) is 2.61. The van der Waals surface area contributed by atoms with E-state index in [-0.39, 0.29) is 0 Å². The van der Waals surface area contributed by atoms with E-state index in [2.05, 4.69) is 10.2 Å². The third kappa shape index (κ3) is 2.65. The molecule has 1 aliphatic carbocycles. The van der Waals surface area contributed by atoms with Crippen LogP contribution in [0.15, 0.2) is 24.3 Å².